The minimum Gasteiger partial charge on any atom is -0.349 e. The van der Waals surface area contributed by atoms with Gasteiger partial charge in [0.05, 0.1) is 35.2 Å². The van der Waals surface area contributed by atoms with Gasteiger partial charge in [0.2, 0.25) is 5.91 Å². The third kappa shape index (κ3) is 5.24. The summed E-state index contributed by atoms with van der Waals surface area (Å²) >= 11 is 18.9. The van der Waals surface area contributed by atoms with E-state index in [-0.39, 0.29) is 11.4 Å². The molecule has 206 valence electrons. The van der Waals surface area contributed by atoms with E-state index in [2.05, 4.69) is 24.5 Å². The van der Waals surface area contributed by atoms with E-state index in [1.54, 1.807) is 12.1 Å². The van der Waals surface area contributed by atoms with Gasteiger partial charge in [0, 0.05) is 26.7 Å². The molecule has 4 bridgehead atoms. The Kier molecular flexibility index (Phi) is 6.82. The molecule has 0 saturated heterocycles. The first-order valence-corrected chi connectivity index (χ1v) is 14.9. The minimum absolute atomic E-state index is 0.00688. The van der Waals surface area contributed by atoms with Crippen LogP contribution in [0.2, 0.25) is 15.1 Å². The summed E-state index contributed by atoms with van der Waals surface area (Å²) in [6.45, 7) is 7.59. The van der Waals surface area contributed by atoms with Crippen LogP contribution >= 0.6 is 34.8 Å². The summed E-state index contributed by atoms with van der Waals surface area (Å²) in [7, 11) is 0. The number of halogens is 3. The second kappa shape index (κ2) is 9.80. The van der Waals surface area contributed by atoms with Gasteiger partial charge in [-0.25, -0.2) is 4.68 Å². The van der Waals surface area contributed by atoms with E-state index in [0.717, 1.165) is 34.1 Å². The summed E-state index contributed by atoms with van der Waals surface area (Å²) in [5, 5.41) is 13.5. The molecule has 1 heterocycles. The van der Waals surface area contributed by atoms with Crippen LogP contribution in [-0.4, -0.2) is 27.8 Å². The number of rotatable bonds is 7. The molecule has 4 aliphatic carbocycles. The van der Waals surface area contributed by atoms with Crippen LogP contribution in [0.15, 0.2) is 42.5 Å². The number of aromatic nitrogens is 2. The number of carbonyl (C=O) groups is 1. The van der Waals surface area contributed by atoms with Gasteiger partial charge in [0.25, 0.3) is 0 Å². The van der Waals surface area contributed by atoms with Gasteiger partial charge in [-0.1, -0.05) is 60.8 Å². The van der Waals surface area contributed by atoms with Crippen molar-refractivity contribution in [3.63, 3.8) is 0 Å². The highest BCUT2D eigenvalue weighted by Gasteiger charge is 2.59. The lowest BCUT2D eigenvalue weighted by atomic mass is 9.43. The zero-order chi connectivity index (χ0) is 27.6. The summed E-state index contributed by atoms with van der Waals surface area (Å²) < 4.78 is 1.83. The monoisotopic (exact) mass is 584 g/mol. The predicted octanol–water partition coefficient (Wildman–Crippen LogP) is 7.76. The van der Waals surface area contributed by atoms with Gasteiger partial charge < -0.3 is 10.6 Å². The van der Waals surface area contributed by atoms with Crippen LogP contribution in [0.25, 0.3) is 16.9 Å². The smallest absolute Gasteiger partial charge is 0.234 e. The summed E-state index contributed by atoms with van der Waals surface area (Å²) in [6.07, 6.45) is 7.55. The van der Waals surface area contributed by atoms with Crippen molar-refractivity contribution in [1.29, 1.82) is 0 Å². The lowest BCUT2D eigenvalue weighted by Gasteiger charge is -2.65. The summed E-state index contributed by atoms with van der Waals surface area (Å²) in [5.41, 5.74) is 5.23. The van der Waals surface area contributed by atoms with Crippen LogP contribution in [0.5, 0.6) is 0 Å². The van der Waals surface area contributed by atoms with Crippen molar-refractivity contribution in [3.05, 3.63) is 68.8 Å². The zero-order valence-corrected chi connectivity index (χ0v) is 25.0. The van der Waals surface area contributed by atoms with Crippen molar-refractivity contribution in [2.75, 3.05) is 6.54 Å². The molecule has 7 rings (SSSR count). The van der Waals surface area contributed by atoms with Crippen molar-refractivity contribution in [3.8, 4) is 16.9 Å². The molecule has 2 unspecified atom stereocenters. The molecule has 4 saturated carbocycles. The van der Waals surface area contributed by atoms with Gasteiger partial charge in [-0.05, 0) is 92.5 Å². The highest BCUT2D eigenvalue weighted by Crippen LogP contribution is 2.66. The zero-order valence-electron chi connectivity index (χ0n) is 22.7. The molecular weight excluding hydrogens is 551 g/mol. The summed E-state index contributed by atoms with van der Waals surface area (Å²) in [6, 6.07) is 13.0. The van der Waals surface area contributed by atoms with Gasteiger partial charge in [-0.15, -0.1) is 0 Å². The molecule has 0 radical (unpaired) electrons. The van der Waals surface area contributed by atoms with Crippen LogP contribution in [0, 0.1) is 23.7 Å². The molecule has 0 aliphatic heterocycles. The number of nitrogens with zero attached hydrogens (tertiary/aromatic N) is 2. The maximum Gasteiger partial charge on any atom is 0.234 e. The van der Waals surface area contributed by atoms with Crippen LogP contribution in [0.4, 0.5) is 0 Å². The van der Waals surface area contributed by atoms with E-state index < -0.39 is 0 Å². The number of nitrogens with one attached hydrogen (secondary N) is 2. The van der Waals surface area contributed by atoms with Crippen molar-refractivity contribution >= 4 is 40.7 Å². The fourth-order valence-corrected chi connectivity index (χ4v) is 9.26. The Morgan fingerprint density at radius 2 is 1.64 bits per heavy atom. The Labute approximate surface area is 245 Å². The Bertz CT molecular complexity index is 1410. The maximum absolute atomic E-state index is 13.1. The number of benzene rings is 2. The average Bonchev–Trinajstić information content (AvgIpc) is 3.15. The standard InChI is InChI=1S/C31H35Cl3N4O/c1-19-25(14-35-27(39)15-36-31-13-20-11-29(2,17-31)16-30(3,12-20)18-31)37-38(26-9-8-23(33)10-24(26)34)28(19)21-4-6-22(32)7-5-21/h4-10,20,36H,11-18H2,1-3H3,(H,35,39). The second-order valence-corrected chi connectivity index (χ2v) is 14.3. The van der Waals surface area contributed by atoms with Crippen molar-refractivity contribution in [2.24, 2.45) is 16.7 Å². The molecule has 4 fully saturated rings. The normalized spacial score (nSPS) is 29.1. The first-order valence-electron chi connectivity index (χ1n) is 13.8. The van der Waals surface area contributed by atoms with Crippen molar-refractivity contribution in [2.45, 2.75) is 71.4 Å². The molecule has 0 spiro atoms. The first-order chi connectivity index (χ1) is 18.5. The van der Waals surface area contributed by atoms with Gasteiger partial charge >= 0.3 is 0 Å². The quantitative estimate of drug-likeness (QED) is 0.298. The summed E-state index contributed by atoms with van der Waals surface area (Å²) in [5.74, 6) is 0.775. The fourth-order valence-electron chi connectivity index (χ4n) is 8.64. The van der Waals surface area contributed by atoms with Crippen LogP contribution < -0.4 is 10.6 Å². The lowest BCUT2D eigenvalue weighted by Crippen LogP contribution is -2.65. The van der Waals surface area contributed by atoms with Gasteiger partial charge in [0.1, 0.15) is 0 Å². The highest BCUT2D eigenvalue weighted by atomic mass is 35.5. The number of hydrogen-bond acceptors (Lipinski definition) is 3. The molecule has 3 aromatic rings. The Balaban J connectivity index is 1.20. The predicted molar refractivity (Wildman–Crippen MR) is 159 cm³/mol. The molecule has 2 N–H and O–H groups in total. The van der Waals surface area contributed by atoms with E-state index in [1.165, 1.54) is 38.5 Å². The molecule has 2 aromatic carbocycles. The average molecular weight is 586 g/mol. The van der Waals surface area contributed by atoms with Gasteiger partial charge in [-0.3, -0.25) is 4.79 Å². The molecule has 1 aromatic heterocycles. The maximum atomic E-state index is 13.1. The molecule has 2 atom stereocenters. The van der Waals surface area contributed by atoms with Crippen LogP contribution in [-0.2, 0) is 11.3 Å². The van der Waals surface area contributed by atoms with Crippen LogP contribution in [0.3, 0.4) is 0 Å². The van der Waals surface area contributed by atoms with E-state index in [0.29, 0.717) is 39.0 Å². The highest BCUT2D eigenvalue weighted by molar-refractivity contribution is 6.35. The molecular formula is C31H35Cl3N4O. The van der Waals surface area contributed by atoms with E-state index in [9.17, 15) is 4.79 Å². The van der Waals surface area contributed by atoms with E-state index >= 15 is 0 Å². The number of amides is 1. The van der Waals surface area contributed by atoms with Crippen molar-refractivity contribution < 1.29 is 4.79 Å². The molecule has 39 heavy (non-hydrogen) atoms. The first kappa shape index (κ1) is 27.1. The SMILES string of the molecule is Cc1c(CNC(=O)CNC23CC4CC(C)(CC(C)(C4)C2)C3)nn(-c2ccc(Cl)cc2Cl)c1-c1ccc(Cl)cc1. The van der Waals surface area contributed by atoms with Crippen molar-refractivity contribution in [1.82, 2.24) is 20.4 Å². The molecule has 8 heteroatoms. The van der Waals surface area contributed by atoms with E-state index in [4.69, 9.17) is 39.9 Å². The second-order valence-electron chi connectivity index (χ2n) is 13.0. The Hall–Kier alpha value is -2.05. The fraction of sp³-hybridized carbons (Fsp3) is 0.484. The Morgan fingerprint density at radius 1 is 0.974 bits per heavy atom. The van der Waals surface area contributed by atoms with Crippen LogP contribution in [0.1, 0.15) is 63.6 Å². The molecule has 4 aliphatic rings. The molecule has 5 nitrogen and oxygen atoms in total. The number of hydrogen-bond donors (Lipinski definition) is 2. The molecule has 1 amide bonds. The van der Waals surface area contributed by atoms with E-state index in [1.807, 2.05) is 41.9 Å². The Morgan fingerprint density at radius 3 is 2.28 bits per heavy atom. The lowest BCUT2D eigenvalue weighted by molar-refractivity contribution is -0.129. The summed E-state index contributed by atoms with van der Waals surface area (Å²) in [4.78, 5) is 13.1. The third-order valence-corrected chi connectivity index (χ3v) is 9.97. The topological polar surface area (TPSA) is 59.0 Å². The van der Waals surface area contributed by atoms with Gasteiger partial charge in [-0.2, -0.15) is 5.10 Å². The van der Waals surface area contributed by atoms with Gasteiger partial charge in [0.15, 0.2) is 0 Å². The third-order valence-electron chi connectivity index (χ3n) is 9.18. The minimum atomic E-state index is -0.00688. The largest absolute Gasteiger partial charge is 0.349 e. The number of carbonyl (C=O) groups excluding carboxylic acids is 1.